The van der Waals surface area contributed by atoms with Gasteiger partial charge in [0.05, 0.1) is 12.6 Å². The molecule has 0 aliphatic carbocycles. The van der Waals surface area contributed by atoms with Crippen LogP contribution in [0.15, 0.2) is 30.3 Å². The highest BCUT2D eigenvalue weighted by molar-refractivity contribution is 5.96. The molecule has 20 heavy (non-hydrogen) atoms. The van der Waals surface area contributed by atoms with Crippen LogP contribution in [0.5, 0.6) is 0 Å². The van der Waals surface area contributed by atoms with Gasteiger partial charge in [-0.05, 0) is 26.0 Å². The molecule has 3 amide bonds. The first-order valence-electron chi connectivity index (χ1n) is 6.58. The van der Waals surface area contributed by atoms with Gasteiger partial charge in [-0.2, -0.15) is 0 Å². The number of amides is 3. The number of nitrogens with zero attached hydrogens (tertiary/aromatic N) is 1. The summed E-state index contributed by atoms with van der Waals surface area (Å²) in [6.45, 7) is 4.19. The fraction of sp³-hybridized carbons (Fsp3) is 0.429. The van der Waals surface area contributed by atoms with Crippen LogP contribution in [0.4, 0.5) is 10.5 Å². The maximum Gasteiger partial charge on any atom is 0.321 e. The van der Waals surface area contributed by atoms with Crippen LogP contribution in [0, 0.1) is 0 Å². The summed E-state index contributed by atoms with van der Waals surface area (Å²) in [5.74, 6) is -0.416. The van der Waals surface area contributed by atoms with E-state index in [1.165, 1.54) is 0 Å². The molecule has 1 aromatic rings. The molecule has 0 aliphatic heterocycles. The Morgan fingerprint density at radius 2 is 1.95 bits per heavy atom. The SMILES string of the molecule is CCNC(=O)NC(=O)CN(C[C@H](C)O)c1ccccc1. The number of hydrogen-bond donors (Lipinski definition) is 3. The number of para-hydroxylation sites is 1. The molecule has 0 unspecified atom stereocenters. The minimum Gasteiger partial charge on any atom is -0.392 e. The Balaban J connectivity index is 2.66. The first-order valence-corrected chi connectivity index (χ1v) is 6.58. The van der Waals surface area contributed by atoms with E-state index in [1.54, 1.807) is 18.7 Å². The summed E-state index contributed by atoms with van der Waals surface area (Å²) in [4.78, 5) is 24.8. The van der Waals surface area contributed by atoms with Gasteiger partial charge >= 0.3 is 6.03 Å². The predicted octanol–water partition coefficient (Wildman–Crippen LogP) is 0.720. The van der Waals surface area contributed by atoms with Gasteiger partial charge in [0.15, 0.2) is 0 Å². The molecule has 0 radical (unpaired) electrons. The molecule has 0 aromatic heterocycles. The average molecular weight is 279 g/mol. The van der Waals surface area contributed by atoms with Crippen molar-refractivity contribution in [3.8, 4) is 0 Å². The molecular weight excluding hydrogens is 258 g/mol. The van der Waals surface area contributed by atoms with Crippen molar-refractivity contribution in [1.82, 2.24) is 10.6 Å². The molecule has 1 atom stereocenters. The number of benzene rings is 1. The second-order valence-corrected chi connectivity index (χ2v) is 4.47. The molecule has 0 aliphatic rings. The second-order valence-electron chi connectivity index (χ2n) is 4.47. The lowest BCUT2D eigenvalue weighted by molar-refractivity contribution is -0.118. The molecule has 0 saturated heterocycles. The number of rotatable bonds is 6. The average Bonchev–Trinajstić information content (AvgIpc) is 2.38. The fourth-order valence-corrected chi connectivity index (χ4v) is 1.76. The lowest BCUT2D eigenvalue weighted by Crippen LogP contribution is -2.45. The summed E-state index contributed by atoms with van der Waals surface area (Å²) in [6.07, 6.45) is -0.576. The third-order valence-electron chi connectivity index (χ3n) is 2.53. The van der Waals surface area contributed by atoms with Crippen molar-refractivity contribution >= 4 is 17.6 Å². The summed E-state index contributed by atoms with van der Waals surface area (Å²) < 4.78 is 0. The number of hydrogen-bond acceptors (Lipinski definition) is 4. The highest BCUT2D eigenvalue weighted by Crippen LogP contribution is 2.13. The quantitative estimate of drug-likeness (QED) is 0.716. The number of anilines is 1. The molecule has 6 heteroatoms. The molecule has 1 aromatic carbocycles. The maximum atomic E-state index is 11.8. The number of aliphatic hydroxyl groups excluding tert-OH is 1. The van der Waals surface area contributed by atoms with E-state index in [0.29, 0.717) is 13.1 Å². The van der Waals surface area contributed by atoms with E-state index in [9.17, 15) is 14.7 Å². The minimum atomic E-state index is -0.576. The number of imide groups is 1. The van der Waals surface area contributed by atoms with Crippen molar-refractivity contribution in [1.29, 1.82) is 0 Å². The van der Waals surface area contributed by atoms with Crippen LogP contribution in [0.3, 0.4) is 0 Å². The van der Waals surface area contributed by atoms with Gasteiger partial charge in [0.25, 0.3) is 0 Å². The topological polar surface area (TPSA) is 81.7 Å². The molecule has 6 nitrogen and oxygen atoms in total. The Morgan fingerprint density at radius 3 is 2.50 bits per heavy atom. The van der Waals surface area contributed by atoms with E-state index >= 15 is 0 Å². The lowest BCUT2D eigenvalue weighted by Gasteiger charge is -2.25. The van der Waals surface area contributed by atoms with Crippen LogP contribution < -0.4 is 15.5 Å². The zero-order chi connectivity index (χ0) is 15.0. The van der Waals surface area contributed by atoms with Gasteiger partial charge in [0, 0.05) is 18.8 Å². The number of aliphatic hydroxyl groups is 1. The Bertz CT molecular complexity index is 435. The smallest absolute Gasteiger partial charge is 0.321 e. The van der Waals surface area contributed by atoms with Crippen LogP contribution in [0.1, 0.15) is 13.8 Å². The normalized spacial score (nSPS) is 11.6. The molecule has 1 rings (SSSR count). The van der Waals surface area contributed by atoms with Gasteiger partial charge in [-0.25, -0.2) is 4.79 Å². The van der Waals surface area contributed by atoms with Crippen molar-refractivity contribution in [2.75, 3.05) is 24.5 Å². The number of nitrogens with one attached hydrogen (secondary N) is 2. The van der Waals surface area contributed by atoms with Crippen molar-refractivity contribution < 1.29 is 14.7 Å². The Labute approximate surface area is 118 Å². The van der Waals surface area contributed by atoms with E-state index in [2.05, 4.69) is 10.6 Å². The third kappa shape index (κ3) is 5.71. The molecule has 0 spiro atoms. The van der Waals surface area contributed by atoms with E-state index in [-0.39, 0.29) is 6.54 Å². The van der Waals surface area contributed by atoms with Gasteiger partial charge in [0.2, 0.25) is 5.91 Å². The van der Waals surface area contributed by atoms with Gasteiger partial charge < -0.3 is 15.3 Å². The Hall–Kier alpha value is -2.08. The zero-order valence-electron chi connectivity index (χ0n) is 11.8. The zero-order valence-corrected chi connectivity index (χ0v) is 11.8. The molecular formula is C14H21N3O3. The van der Waals surface area contributed by atoms with Crippen LogP contribution in [0.25, 0.3) is 0 Å². The lowest BCUT2D eigenvalue weighted by atomic mass is 10.2. The summed E-state index contributed by atoms with van der Waals surface area (Å²) in [5, 5.41) is 14.2. The molecule has 110 valence electrons. The van der Waals surface area contributed by atoms with Crippen molar-refractivity contribution in [2.45, 2.75) is 20.0 Å². The van der Waals surface area contributed by atoms with Crippen LogP contribution in [-0.4, -0.2) is 42.8 Å². The number of urea groups is 1. The summed E-state index contributed by atoms with van der Waals surface area (Å²) >= 11 is 0. The van der Waals surface area contributed by atoms with Gasteiger partial charge in [-0.1, -0.05) is 18.2 Å². The molecule has 0 fully saturated rings. The Kier molecular flexibility index (Phi) is 6.52. The van der Waals surface area contributed by atoms with Gasteiger partial charge in [-0.3, -0.25) is 10.1 Å². The van der Waals surface area contributed by atoms with E-state index < -0.39 is 18.0 Å². The Morgan fingerprint density at radius 1 is 1.30 bits per heavy atom. The van der Waals surface area contributed by atoms with E-state index in [0.717, 1.165) is 5.69 Å². The minimum absolute atomic E-state index is 0.00600. The van der Waals surface area contributed by atoms with E-state index in [1.807, 2.05) is 30.3 Å². The van der Waals surface area contributed by atoms with Crippen LogP contribution in [0.2, 0.25) is 0 Å². The highest BCUT2D eigenvalue weighted by Gasteiger charge is 2.15. The predicted molar refractivity (Wildman–Crippen MR) is 77.6 cm³/mol. The monoisotopic (exact) mass is 279 g/mol. The first kappa shape index (κ1) is 16.0. The van der Waals surface area contributed by atoms with Crippen molar-refractivity contribution in [2.24, 2.45) is 0 Å². The first-order chi connectivity index (χ1) is 9.52. The fourth-order valence-electron chi connectivity index (χ4n) is 1.76. The third-order valence-corrected chi connectivity index (χ3v) is 2.53. The summed E-state index contributed by atoms with van der Waals surface area (Å²) in [7, 11) is 0. The number of carbonyl (C=O) groups excluding carboxylic acids is 2. The van der Waals surface area contributed by atoms with E-state index in [4.69, 9.17) is 0 Å². The highest BCUT2D eigenvalue weighted by atomic mass is 16.3. The van der Waals surface area contributed by atoms with Crippen LogP contribution in [-0.2, 0) is 4.79 Å². The van der Waals surface area contributed by atoms with Gasteiger partial charge in [-0.15, -0.1) is 0 Å². The van der Waals surface area contributed by atoms with Crippen molar-refractivity contribution in [3.63, 3.8) is 0 Å². The van der Waals surface area contributed by atoms with Crippen molar-refractivity contribution in [3.05, 3.63) is 30.3 Å². The molecule has 0 heterocycles. The second kappa shape index (κ2) is 8.16. The van der Waals surface area contributed by atoms with Gasteiger partial charge in [0.1, 0.15) is 0 Å². The molecule has 0 bridgehead atoms. The summed E-state index contributed by atoms with van der Waals surface area (Å²) in [5.41, 5.74) is 0.819. The maximum absolute atomic E-state index is 11.8. The standard InChI is InChI=1S/C14H21N3O3/c1-3-15-14(20)16-13(19)10-17(9-11(2)18)12-7-5-4-6-8-12/h4-8,11,18H,3,9-10H2,1-2H3,(H2,15,16,19,20)/t11-/m0/s1. The summed E-state index contributed by atoms with van der Waals surface area (Å²) in [6, 6.07) is 8.77. The van der Waals surface area contributed by atoms with Crippen LogP contribution >= 0.6 is 0 Å². The number of carbonyl (C=O) groups is 2. The molecule has 3 N–H and O–H groups in total. The molecule has 0 saturated carbocycles. The largest absolute Gasteiger partial charge is 0.392 e.